The van der Waals surface area contributed by atoms with Gasteiger partial charge in [-0.15, -0.1) is 0 Å². The van der Waals surface area contributed by atoms with Crippen molar-refractivity contribution in [1.82, 2.24) is 0 Å². The average molecular weight is 346 g/mol. The number of alkyl halides is 3. The number of aryl methyl sites for hydroxylation is 2. The predicted molar refractivity (Wildman–Crippen MR) is 79.0 cm³/mol. The Morgan fingerprint density at radius 1 is 1.13 bits per heavy atom. The van der Waals surface area contributed by atoms with Crippen LogP contribution in [-0.2, 0) is 10.1 Å². The van der Waals surface area contributed by atoms with Crippen LogP contribution in [0.25, 0.3) is 10.8 Å². The fourth-order valence-electron chi connectivity index (χ4n) is 2.31. The van der Waals surface area contributed by atoms with Crippen LogP contribution in [-0.4, -0.2) is 19.7 Å². The summed E-state index contributed by atoms with van der Waals surface area (Å²) >= 11 is 0. The van der Waals surface area contributed by atoms with E-state index in [4.69, 9.17) is 0 Å². The minimum absolute atomic E-state index is 0.124. The van der Waals surface area contributed by atoms with E-state index in [9.17, 15) is 26.4 Å². The van der Waals surface area contributed by atoms with Crippen molar-refractivity contribution < 1.29 is 30.6 Å². The average Bonchev–Trinajstić information content (AvgIpc) is 2.35. The third kappa shape index (κ3) is 3.17. The Hall–Kier alpha value is -2.09. The smallest absolute Gasteiger partial charge is 0.375 e. The SMILES string of the molecule is CC(=O)c1c(C)cc2cc(C)ccc2c1OS(=O)(=O)C(F)(F)F. The predicted octanol–water partition coefficient (Wildman–Crippen LogP) is 3.89. The van der Waals surface area contributed by atoms with Crippen LogP contribution < -0.4 is 4.18 Å². The highest BCUT2D eigenvalue weighted by Crippen LogP contribution is 2.37. The summed E-state index contributed by atoms with van der Waals surface area (Å²) in [5, 5.41) is 0.610. The van der Waals surface area contributed by atoms with E-state index < -0.39 is 27.2 Å². The molecule has 0 fully saturated rings. The number of fused-ring (bicyclic) bond motifs is 1. The standard InChI is InChI=1S/C15H13F3O4S/c1-8-4-5-12-11(6-8)7-9(2)13(10(3)19)14(12)22-23(20,21)15(16,17)18/h4-7H,1-3H3. The normalized spacial score (nSPS) is 12.4. The van der Waals surface area contributed by atoms with Crippen LogP contribution in [0.2, 0.25) is 0 Å². The molecule has 2 rings (SSSR count). The zero-order valence-corrected chi connectivity index (χ0v) is 13.3. The molecular formula is C15H13F3O4S. The van der Waals surface area contributed by atoms with Gasteiger partial charge in [0.05, 0.1) is 5.56 Å². The number of Topliss-reactive ketones (excluding diaryl/α,β-unsaturated/α-hetero) is 1. The van der Waals surface area contributed by atoms with Crippen molar-refractivity contribution in [2.75, 3.05) is 0 Å². The van der Waals surface area contributed by atoms with E-state index in [2.05, 4.69) is 4.18 Å². The topological polar surface area (TPSA) is 60.4 Å². The van der Waals surface area contributed by atoms with Crippen molar-refractivity contribution in [3.8, 4) is 5.75 Å². The highest BCUT2D eigenvalue weighted by molar-refractivity contribution is 7.88. The van der Waals surface area contributed by atoms with Crippen molar-refractivity contribution in [3.63, 3.8) is 0 Å². The Morgan fingerprint density at radius 2 is 1.74 bits per heavy atom. The second kappa shape index (κ2) is 5.52. The molecule has 124 valence electrons. The number of rotatable bonds is 3. The van der Waals surface area contributed by atoms with Gasteiger partial charge >= 0.3 is 15.6 Å². The number of halogens is 3. The summed E-state index contributed by atoms with van der Waals surface area (Å²) < 4.78 is 64.9. The van der Waals surface area contributed by atoms with Crippen LogP contribution in [0.3, 0.4) is 0 Å². The lowest BCUT2D eigenvalue weighted by Crippen LogP contribution is -2.28. The Kier molecular flexibility index (Phi) is 4.14. The molecule has 0 radical (unpaired) electrons. The Balaban J connectivity index is 2.83. The minimum atomic E-state index is -5.88. The van der Waals surface area contributed by atoms with E-state index in [1.807, 2.05) is 0 Å². The maximum absolute atomic E-state index is 12.6. The summed E-state index contributed by atoms with van der Waals surface area (Å²) in [5.41, 5.74) is -4.60. The molecule has 0 aliphatic rings. The Morgan fingerprint density at radius 3 is 2.26 bits per heavy atom. The van der Waals surface area contributed by atoms with E-state index in [1.54, 1.807) is 25.1 Å². The van der Waals surface area contributed by atoms with Gasteiger partial charge in [-0.2, -0.15) is 21.6 Å². The molecule has 0 amide bonds. The molecule has 0 aliphatic heterocycles. The molecule has 0 N–H and O–H groups in total. The number of carbonyl (C=O) groups is 1. The molecule has 2 aromatic carbocycles. The van der Waals surface area contributed by atoms with Gasteiger partial charge < -0.3 is 4.18 Å². The molecular weight excluding hydrogens is 333 g/mol. The molecule has 0 unspecified atom stereocenters. The van der Waals surface area contributed by atoms with Crippen LogP contribution in [0.5, 0.6) is 5.75 Å². The summed E-state index contributed by atoms with van der Waals surface area (Å²) in [6, 6.07) is 6.29. The van der Waals surface area contributed by atoms with Crippen LogP contribution >= 0.6 is 0 Å². The van der Waals surface area contributed by atoms with Crippen molar-refractivity contribution in [1.29, 1.82) is 0 Å². The van der Waals surface area contributed by atoms with Crippen molar-refractivity contribution >= 4 is 26.7 Å². The molecule has 0 bridgehead atoms. The van der Waals surface area contributed by atoms with Crippen molar-refractivity contribution in [3.05, 3.63) is 41.0 Å². The Bertz CT molecular complexity index is 899. The first kappa shape index (κ1) is 17.3. The van der Waals surface area contributed by atoms with Gasteiger partial charge in [0.1, 0.15) is 0 Å². The van der Waals surface area contributed by atoms with Gasteiger partial charge in [0.15, 0.2) is 11.5 Å². The van der Waals surface area contributed by atoms with E-state index in [0.717, 1.165) is 12.5 Å². The van der Waals surface area contributed by atoms with Gasteiger partial charge in [-0.1, -0.05) is 29.8 Å². The summed E-state index contributed by atoms with van der Waals surface area (Å²) in [7, 11) is -5.88. The molecule has 2 aromatic rings. The summed E-state index contributed by atoms with van der Waals surface area (Å²) in [4.78, 5) is 11.8. The molecule has 0 aliphatic carbocycles. The zero-order valence-electron chi connectivity index (χ0n) is 12.5. The van der Waals surface area contributed by atoms with Gasteiger partial charge in [-0.05, 0) is 31.7 Å². The van der Waals surface area contributed by atoms with Crippen LogP contribution in [0.1, 0.15) is 28.4 Å². The number of carbonyl (C=O) groups excluding carboxylic acids is 1. The number of hydrogen-bond acceptors (Lipinski definition) is 4. The molecule has 0 saturated carbocycles. The third-order valence-electron chi connectivity index (χ3n) is 3.27. The first-order chi connectivity index (χ1) is 10.4. The number of hydrogen-bond donors (Lipinski definition) is 0. The molecule has 0 saturated heterocycles. The third-order valence-corrected chi connectivity index (χ3v) is 4.23. The maximum atomic E-state index is 12.6. The molecule has 8 heteroatoms. The van der Waals surface area contributed by atoms with E-state index in [1.165, 1.54) is 13.0 Å². The minimum Gasteiger partial charge on any atom is -0.375 e. The molecule has 23 heavy (non-hydrogen) atoms. The molecule has 0 aromatic heterocycles. The summed E-state index contributed by atoms with van der Waals surface area (Å²) in [6.45, 7) is 4.42. The van der Waals surface area contributed by atoms with Crippen LogP contribution in [0.15, 0.2) is 24.3 Å². The largest absolute Gasteiger partial charge is 0.534 e. The zero-order chi connectivity index (χ0) is 17.6. The molecule has 0 heterocycles. The van der Waals surface area contributed by atoms with Gasteiger partial charge in [-0.3, -0.25) is 4.79 Å². The fraction of sp³-hybridized carbons (Fsp3) is 0.267. The van der Waals surface area contributed by atoms with Crippen LogP contribution in [0, 0.1) is 13.8 Å². The summed E-state index contributed by atoms with van der Waals surface area (Å²) in [5.74, 6) is -1.18. The van der Waals surface area contributed by atoms with Gasteiger partial charge in [-0.25, -0.2) is 0 Å². The fourth-order valence-corrected chi connectivity index (χ4v) is 2.80. The monoisotopic (exact) mass is 346 g/mol. The second-order valence-electron chi connectivity index (χ2n) is 5.16. The lowest BCUT2D eigenvalue weighted by molar-refractivity contribution is -0.0499. The van der Waals surface area contributed by atoms with Crippen molar-refractivity contribution in [2.45, 2.75) is 26.3 Å². The van der Waals surface area contributed by atoms with Gasteiger partial charge in [0, 0.05) is 5.39 Å². The van der Waals surface area contributed by atoms with E-state index in [0.29, 0.717) is 10.9 Å². The highest BCUT2D eigenvalue weighted by atomic mass is 32.2. The van der Waals surface area contributed by atoms with E-state index >= 15 is 0 Å². The second-order valence-corrected chi connectivity index (χ2v) is 6.70. The summed E-state index contributed by atoms with van der Waals surface area (Å²) in [6.07, 6.45) is 0. The number of benzene rings is 2. The van der Waals surface area contributed by atoms with E-state index in [-0.39, 0.29) is 10.9 Å². The van der Waals surface area contributed by atoms with Gasteiger partial charge in [0.25, 0.3) is 0 Å². The van der Waals surface area contributed by atoms with Crippen molar-refractivity contribution in [2.24, 2.45) is 0 Å². The molecule has 4 nitrogen and oxygen atoms in total. The molecule has 0 atom stereocenters. The first-order valence-corrected chi connectivity index (χ1v) is 7.90. The van der Waals surface area contributed by atoms with Crippen LogP contribution in [0.4, 0.5) is 13.2 Å². The highest BCUT2D eigenvalue weighted by Gasteiger charge is 2.49. The Labute approximate surface area is 131 Å². The lowest BCUT2D eigenvalue weighted by atomic mass is 9.97. The first-order valence-electron chi connectivity index (χ1n) is 6.49. The quantitative estimate of drug-likeness (QED) is 0.481. The molecule has 0 spiro atoms. The lowest BCUT2D eigenvalue weighted by Gasteiger charge is -2.16. The van der Waals surface area contributed by atoms with Gasteiger partial charge in [0.2, 0.25) is 0 Å². The number of ketones is 1. The maximum Gasteiger partial charge on any atom is 0.534 e.